The molecule has 1 aromatic carbocycles. The van der Waals surface area contributed by atoms with Crippen LogP contribution in [0.15, 0.2) is 36.7 Å². The number of carbonyl (C=O) groups is 1. The standard InChI is InChI=1S/C19H19FN6O2/c1-10-12-6-11(20)2-3-15(12)28-16-9-21-8-14(16)24-19(27)13-7-22-26-5-4-17(23-10)25-18(13)26/h2-7,10,14,16,21H,8-9H2,1H3,(H,23,25)(H,24,27)/t10-,14+,16+/m1/s1. The summed E-state index contributed by atoms with van der Waals surface area (Å²) in [6, 6.07) is 5.74. The van der Waals surface area contributed by atoms with Crippen LogP contribution >= 0.6 is 0 Å². The number of nitrogens with zero attached hydrogens (tertiary/aromatic N) is 3. The van der Waals surface area contributed by atoms with Crippen LogP contribution in [0.3, 0.4) is 0 Å². The van der Waals surface area contributed by atoms with E-state index in [0.717, 1.165) is 0 Å². The maximum Gasteiger partial charge on any atom is 0.257 e. The first kappa shape index (κ1) is 16.9. The van der Waals surface area contributed by atoms with Gasteiger partial charge in [0.25, 0.3) is 5.91 Å². The second kappa shape index (κ2) is 6.45. The summed E-state index contributed by atoms with van der Waals surface area (Å²) in [7, 11) is 0. The van der Waals surface area contributed by atoms with E-state index in [1.54, 1.807) is 22.8 Å². The molecule has 0 radical (unpaired) electrons. The predicted octanol–water partition coefficient (Wildman–Crippen LogP) is 1.50. The Bertz CT molecular complexity index is 1070. The number of aromatic nitrogens is 3. The molecule has 1 saturated heterocycles. The number of rotatable bonds is 0. The molecule has 1 fully saturated rings. The highest BCUT2D eigenvalue weighted by Gasteiger charge is 2.32. The van der Waals surface area contributed by atoms with Gasteiger partial charge in [0.05, 0.1) is 18.3 Å². The topological polar surface area (TPSA) is 92.6 Å². The molecule has 0 saturated carbocycles. The number of fused-ring (bicyclic) bond motifs is 3. The van der Waals surface area contributed by atoms with Crippen molar-refractivity contribution in [3.05, 3.63) is 53.6 Å². The highest BCUT2D eigenvalue weighted by molar-refractivity contribution is 6.00. The van der Waals surface area contributed by atoms with Gasteiger partial charge in [-0.1, -0.05) is 0 Å². The SMILES string of the molecule is C[C@H]1Nc2ccn3ncc(c3n2)C(=O)N[C@H]2CNC[C@@H]2Oc2ccc(F)cc21. The molecule has 9 heteroatoms. The molecule has 1 amide bonds. The molecule has 4 heterocycles. The van der Waals surface area contributed by atoms with Gasteiger partial charge in [-0.15, -0.1) is 0 Å². The Morgan fingerprint density at radius 3 is 3.04 bits per heavy atom. The lowest BCUT2D eigenvalue weighted by atomic mass is 10.1. The van der Waals surface area contributed by atoms with E-state index in [1.165, 1.54) is 18.3 Å². The summed E-state index contributed by atoms with van der Waals surface area (Å²) < 4.78 is 21.7. The Labute approximate surface area is 160 Å². The smallest absolute Gasteiger partial charge is 0.257 e. The molecule has 0 unspecified atom stereocenters. The van der Waals surface area contributed by atoms with Crippen molar-refractivity contribution in [2.45, 2.75) is 25.1 Å². The first-order chi connectivity index (χ1) is 13.6. The average molecular weight is 382 g/mol. The van der Waals surface area contributed by atoms with E-state index in [1.807, 2.05) is 6.92 Å². The van der Waals surface area contributed by atoms with Crippen molar-refractivity contribution in [2.75, 3.05) is 18.4 Å². The molecule has 8 nitrogen and oxygen atoms in total. The van der Waals surface area contributed by atoms with E-state index in [9.17, 15) is 9.18 Å². The van der Waals surface area contributed by atoms with Crippen molar-refractivity contribution in [3.63, 3.8) is 0 Å². The Kier molecular flexibility index (Phi) is 3.90. The maximum absolute atomic E-state index is 13.9. The lowest BCUT2D eigenvalue weighted by Gasteiger charge is -2.24. The summed E-state index contributed by atoms with van der Waals surface area (Å²) >= 11 is 0. The molecule has 2 bridgehead atoms. The molecular weight excluding hydrogens is 363 g/mol. The van der Waals surface area contributed by atoms with Crippen molar-refractivity contribution in [2.24, 2.45) is 0 Å². The van der Waals surface area contributed by atoms with Crippen LogP contribution in [0.1, 0.15) is 28.9 Å². The quantitative estimate of drug-likeness (QED) is 0.546. The molecule has 5 rings (SSSR count). The fraction of sp³-hybridized carbons (Fsp3) is 0.316. The second-order valence-corrected chi connectivity index (χ2v) is 7.08. The minimum atomic E-state index is -0.337. The van der Waals surface area contributed by atoms with Gasteiger partial charge in [-0.05, 0) is 31.2 Å². The van der Waals surface area contributed by atoms with Gasteiger partial charge >= 0.3 is 0 Å². The second-order valence-electron chi connectivity index (χ2n) is 7.08. The number of ether oxygens (including phenoxy) is 1. The lowest BCUT2D eigenvalue weighted by molar-refractivity contribution is 0.0905. The van der Waals surface area contributed by atoms with Crippen LogP contribution < -0.4 is 20.7 Å². The van der Waals surface area contributed by atoms with Crippen LogP contribution in [0.25, 0.3) is 5.65 Å². The van der Waals surface area contributed by atoms with Crippen molar-refractivity contribution in [1.82, 2.24) is 25.2 Å². The van der Waals surface area contributed by atoms with Crippen LogP contribution in [-0.2, 0) is 0 Å². The van der Waals surface area contributed by atoms with Crippen LogP contribution in [0.4, 0.5) is 10.2 Å². The van der Waals surface area contributed by atoms with E-state index in [-0.39, 0.29) is 29.9 Å². The third-order valence-electron chi connectivity index (χ3n) is 5.17. The fourth-order valence-electron chi connectivity index (χ4n) is 3.71. The molecule has 0 spiro atoms. The van der Waals surface area contributed by atoms with Gasteiger partial charge in [-0.25, -0.2) is 13.9 Å². The van der Waals surface area contributed by atoms with Gasteiger partial charge in [-0.3, -0.25) is 4.79 Å². The Hall–Kier alpha value is -3.20. The zero-order valence-corrected chi connectivity index (χ0v) is 15.1. The molecule has 3 aromatic rings. The summed E-state index contributed by atoms with van der Waals surface area (Å²) in [4.78, 5) is 17.4. The van der Waals surface area contributed by atoms with Crippen LogP contribution in [-0.4, -0.2) is 45.7 Å². The minimum Gasteiger partial charge on any atom is -0.487 e. The molecular formula is C19H19FN6O2. The normalized spacial score (nSPS) is 24.2. The summed E-state index contributed by atoms with van der Waals surface area (Å²) in [5.74, 6) is 0.549. The van der Waals surface area contributed by atoms with Crippen molar-refractivity contribution in [3.8, 4) is 5.75 Å². The summed E-state index contributed by atoms with van der Waals surface area (Å²) in [6.45, 7) is 3.08. The lowest BCUT2D eigenvalue weighted by Crippen LogP contribution is -2.45. The van der Waals surface area contributed by atoms with Crippen LogP contribution in [0.5, 0.6) is 5.75 Å². The Morgan fingerprint density at radius 1 is 1.25 bits per heavy atom. The van der Waals surface area contributed by atoms with Crippen molar-refractivity contribution < 1.29 is 13.9 Å². The van der Waals surface area contributed by atoms with Crippen LogP contribution in [0.2, 0.25) is 0 Å². The highest BCUT2D eigenvalue weighted by Crippen LogP contribution is 2.30. The number of carbonyl (C=O) groups excluding carboxylic acids is 1. The van der Waals surface area contributed by atoms with Gasteiger partial charge in [-0.2, -0.15) is 5.10 Å². The molecule has 28 heavy (non-hydrogen) atoms. The first-order valence-corrected chi connectivity index (χ1v) is 9.17. The van der Waals surface area contributed by atoms with Crippen molar-refractivity contribution >= 4 is 17.4 Å². The average Bonchev–Trinajstić information content (AvgIpc) is 3.29. The predicted molar refractivity (Wildman–Crippen MR) is 100.0 cm³/mol. The van der Waals surface area contributed by atoms with E-state index in [2.05, 4.69) is 26.0 Å². The summed E-state index contributed by atoms with van der Waals surface area (Å²) in [5.41, 5.74) is 1.54. The number of hydrogen-bond acceptors (Lipinski definition) is 6. The molecule has 3 N–H and O–H groups in total. The van der Waals surface area contributed by atoms with Gasteiger partial charge < -0.3 is 20.7 Å². The van der Waals surface area contributed by atoms with Crippen molar-refractivity contribution in [1.29, 1.82) is 0 Å². The number of nitrogens with one attached hydrogen (secondary N) is 3. The number of amides is 1. The molecule has 2 aliphatic heterocycles. The summed E-state index contributed by atoms with van der Waals surface area (Å²) in [5, 5.41) is 13.7. The minimum absolute atomic E-state index is 0.229. The molecule has 3 atom stereocenters. The fourth-order valence-corrected chi connectivity index (χ4v) is 3.71. The molecule has 144 valence electrons. The van der Waals surface area contributed by atoms with Gasteiger partial charge in [0.1, 0.15) is 29.1 Å². The first-order valence-electron chi connectivity index (χ1n) is 9.17. The van der Waals surface area contributed by atoms with Gasteiger partial charge in [0.15, 0.2) is 5.65 Å². The van der Waals surface area contributed by atoms with Gasteiger partial charge in [0.2, 0.25) is 0 Å². The summed E-state index contributed by atoms with van der Waals surface area (Å²) in [6.07, 6.45) is 2.96. The number of benzene rings is 1. The largest absolute Gasteiger partial charge is 0.487 e. The third kappa shape index (κ3) is 2.84. The Balaban J connectivity index is 1.64. The van der Waals surface area contributed by atoms with E-state index >= 15 is 0 Å². The molecule has 2 aromatic heterocycles. The number of halogens is 1. The Morgan fingerprint density at radius 2 is 2.14 bits per heavy atom. The van der Waals surface area contributed by atoms with E-state index < -0.39 is 0 Å². The zero-order valence-electron chi connectivity index (χ0n) is 15.1. The van der Waals surface area contributed by atoms with Crippen LogP contribution in [0, 0.1) is 5.82 Å². The number of anilines is 1. The van der Waals surface area contributed by atoms with E-state index in [0.29, 0.717) is 41.4 Å². The monoisotopic (exact) mass is 382 g/mol. The van der Waals surface area contributed by atoms with E-state index in [4.69, 9.17) is 4.74 Å². The molecule has 0 aliphatic carbocycles. The highest BCUT2D eigenvalue weighted by atomic mass is 19.1. The zero-order chi connectivity index (χ0) is 19.3. The van der Waals surface area contributed by atoms with Gasteiger partial charge in [0, 0.05) is 24.8 Å². The molecule has 2 aliphatic rings. The third-order valence-corrected chi connectivity index (χ3v) is 5.17. The maximum atomic E-state index is 13.9. The number of hydrogen-bond donors (Lipinski definition) is 3.